The average molecular weight is 298 g/mol. The Balaban J connectivity index is 2.19. The van der Waals surface area contributed by atoms with E-state index in [1.165, 1.54) is 11.4 Å². The second-order valence-corrected chi connectivity index (χ2v) is 5.16. The van der Waals surface area contributed by atoms with Gasteiger partial charge in [-0.25, -0.2) is 13.9 Å². The molecule has 0 aliphatic carbocycles. The van der Waals surface area contributed by atoms with Crippen LogP contribution >= 0.6 is 0 Å². The molecule has 2 aromatic rings. The largest absolute Gasteiger partial charge is 0.394 e. The van der Waals surface area contributed by atoms with Crippen LogP contribution in [-0.4, -0.2) is 54.8 Å². The molecule has 0 unspecified atom stereocenters. The van der Waals surface area contributed by atoms with Crippen molar-refractivity contribution in [2.45, 2.75) is 30.8 Å². The van der Waals surface area contributed by atoms with Gasteiger partial charge in [0, 0.05) is 6.07 Å². The molecular formula is C12H15FN4O4. The molecule has 21 heavy (non-hydrogen) atoms. The zero-order chi connectivity index (χ0) is 15.4. The minimum absolute atomic E-state index is 0.0357. The number of rotatable bonds is 2. The van der Waals surface area contributed by atoms with Crippen molar-refractivity contribution in [1.29, 1.82) is 0 Å². The van der Waals surface area contributed by atoms with Crippen molar-refractivity contribution in [3.8, 4) is 0 Å². The van der Waals surface area contributed by atoms with Gasteiger partial charge < -0.3 is 25.8 Å². The quantitative estimate of drug-likeness (QED) is 0.547. The number of nitrogens with zero attached hydrogens (tertiary/aromatic N) is 3. The van der Waals surface area contributed by atoms with Crippen molar-refractivity contribution in [3.05, 3.63) is 23.9 Å². The van der Waals surface area contributed by atoms with Crippen LogP contribution in [0.5, 0.6) is 0 Å². The van der Waals surface area contributed by atoms with Gasteiger partial charge in [0.15, 0.2) is 11.6 Å². The fourth-order valence-corrected chi connectivity index (χ4v) is 2.72. The van der Waals surface area contributed by atoms with Gasteiger partial charge in [0.05, 0.1) is 12.3 Å². The first kappa shape index (κ1) is 14.1. The predicted octanol–water partition coefficient (Wildman–Crippen LogP) is -1.22. The van der Waals surface area contributed by atoms with E-state index in [4.69, 9.17) is 10.5 Å². The Morgan fingerprint density at radius 1 is 1.52 bits per heavy atom. The monoisotopic (exact) mass is 298 g/mol. The molecule has 3 rings (SSSR count). The molecule has 0 radical (unpaired) electrons. The van der Waals surface area contributed by atoms with Gasteiger partial charge in [-0.05, 0) is 6.92 Å². The molecule has 2 aromatic heterocycles. The Bertz CT molecular complexity index is 693. The number of fused-ring (bicyclic) bond motifs is 1. The number of anilines is 1. The van der Waals surface area contributed by atoms with E-state index in [1.807, 2.05) is 0 Å². The average Bonchev–Trinajstić information content (AvgIpc) is 2.91. The van der Waals surface area contributed by atoms with Gasteiger partial charge in [0.2, 0.25) is 0 Å². The zero-order valence-corrected chi connectivity index (χ0v) is 11.1. The molecular weight excluding hydrogens is 283 g/mol. The number of hydrogen-bond acceptors (Lipinski definition) is 7. The van der Waals surface area contributed by atoms with Crippen molar-refractivity contribution in [2.75, 3.05) is 12.3 Å². The third kappa shape index (κ3) is 1.82. The summed E-state index contributed by atoms with van der Waals surface area (Å²) >= 11 is 0. The second-order valence-electron chi connectivity index (χ2n) is 5.16. The summed E-state index contributed by atoms with van der Waals surface area (Å²) in [5, 5.41) is 33.2. The molecule has 1 aliphatic heterocycles. The Labute approximate surface area is 118 Å². The van der Waals surface area contributed by atoms with Crippen LogP contribution in [0.4, 0.5) is 10.2 Å². The normalized spacial score (nSPS) is 32.9. The molecule has 114 valence electrons. The lowest BCUT2D eigenvalue weighted by Gasteiger charge is -2.27. The number of nitrogens with two attached hydrogens (primary N) is 1. The summed E-state index contributed by atoms with van der Waals surface area (Å²) in [6.45, 7) is 1.01. The minimum Gasteiger partial charge on any atom is -0.394 e. The predicted molar refractivity (Wildman–Crippen MR) is 68.7 cm³/mol. The number of aliphatic hydroxyl groups is 3. The summed E-state index contributed by atoms with van der Waals surface area (Å²) in [5.41, 5.74) is 4.32. The molecule has 1 fully saturated rings. The number of nitrogen functional groups attached to an aromatic ring is 1. The Morgan fingerprint density at radius 2 is 2.24 bits per heavy atom. The lowest BCUT2D eigenvalue weighted by atomic mass is 9.93. The fourth-order valence-electron chi connectivity index (χ4n) is 2.72. The lowest BCUT2D eigenvalue weighted by molar-refractivity contribution is -0.0891. The number of aliphatic hydroxyl groups excluding tert-OH is 3. The number of aromatic nitrogens is 3. The molecule has 1 aliphatic rings. The second kappa shape index (κ2) is 4.60. The summed E-state index contributed by atoms with van der Waals surface area (Å²) in [6, 6.07) is 1.12. The third-order valence-corrected chi connectivity index (χ3v) is 3.89. The standard InChI is InChI=1S/C12H15FN4O4/c1-12(10(20)9(19)6(3-18)21-12)7-2-5(13)8-11(14)15-4-16-17(7)8/h2,4,6,9-10,18-20H,3H2,1H3,(H2,14,15,16)/t6-,9-,10-,12+/m1/s1. The fraction of sp³-hybridized carbons (Fsp3) is 0.500. The summed E-state index contributed by atoms with van der Waals surface area (Å²) in [5.74, 6) is -0.717. The van der Waals surface area contributed by atoms with Crippen LogP contribution in [0.2, 0.25) is 0 Å². The van der Waals surface area contributed by atoms with Gasteiger partial charge in [-0.15, -0.1) is 0 Å². The summed E-state index contributed by atoms with van der Waals surface area (Å²) in [7, 11) is 0. The smallest absolute Gasteiger partial charge is 0.154 e. The molecule has 9 heteroatoms. The molecule has 0 amide bonds. The first-order valence-electron chi connectivity index (χ1n) is 6.33. The first-order valence-corrected chi connectivity index (χ1v) is 6.33. The van der Waals surface area contributed by atoms with E-state index < -0.39 is 36.3 Å². The molecule has 0 saturated carbocycles. The van der Waals surface area contributed by atoms with E-state index in [0.717, 1.165) is 12.4 Å². The molecule has 3 heterocycles. The Kier molecular flexibility index (Phi) is 3.10. The van der Waals surface area contributed by atoms with Crippen LogP contribution in [-0.2, 0) is 10.3 Å². The molecule has 5 N–H and O–H groups in total. The highest BCUT2D eigenvalue weighted by atomic mass is 19.1. The summed E-state index contributed by atoms with van der Waals surface area (Å²) < 4.78 is 20.8. The van der Waals surface area contributed by atoms with Crippen LogP contribution in [0, 0.1) is 5.82 Å². The molecule has 1 saturated heterocycles. The van der Waals surface area contributed by atoms with E-state index in [1.54, 1.807) is 0 Å². The number of ether oxygens (including phenoxy) is 1. The van der Waals surface area contributed by atoms with Crippen molar-refractivity contribution in [2.24, 2.45) is 0 Å². The molecule has 0 spiro atoms. The first-order chi connectivity index (χ1) is 9.90. The van der Waals surface area contributed by atoms with Gasteiger partial charge in [-0.1, -0.05) is 0 Å². The van der Waals surface area contributed by atoms with E-state index in [-0.39, 0.29) is 17.0 Å². The van der Waals surface area contributed by atoms with Crippen LogP contribution < -0.4 is 5.73 Å². The van der Waals surface area contributed by atoms with Gasteiger partial charge >= 0.3 is 0 Å². The van der Waals surface area contributed by atoms with Crippen molar-refractivity contribution < 1.29 is 24.4 Å². The van der Waals surface area contributed by atoms with E-state index in [9.17, 15) is 19.7 Å². The van der Waals surface area contributed by atoms with Gasteiger partial charge in [-0.3, -0.25) is 0 Å². The maximum Gasteiger partial charge on any atom is 0.154 e. The Hall–Kier alpha value is -1.81. The molecule has 0 aromatic carbocycles. The number of halogens is 1. The van der Waals surface area contributed by atoms with Crippen molar-refractivity contribution in [3.63, 3.8) is 0 Å². The molecule has 8 nitrogen and oxygen atoms in total. The third-order valence-electron chi connectivity index (χ3n) is 3.89. The topological polar surface area (TPSA) is 126 Å². The highest BCUT2D eigenvalue weighted by molar-refractivity contribution is 5.66. The van der Waals surface area contributed by atoms with E-state index >= 15 is 0 Å². The van der Waals surface area contributed by atoms with Crippen molar-refractivity contribution in [1.82, 2.24) is 14.6 Å². The van der Waals surface area contributed by atoms with Crippen LogP contribution in [0.1, 0.15) is 12.6 Å². The summed E-state index contributed by atoms with van der Waals surface area (Å²) in [6.07, 6.45) is -2.48. The zero-order valence-electron chi connectivity index (χ0n) is 11.1. The minimum atomic E-state index is -1.44. The highest BCUT2D eigenvalue weighted by Gasteiger charge is 2.53. The molecule has 4 atom stereocenters. The van der Waals surface area contributed by atoms with Crippen LogP contribution in [0.3, 0.4) is 0 Å². The molecule has 0 bridgehead atoms. The maximum atomic E-state index is 14.1. The van der Waals surface area contributed by atoms with E-state index in [2.05, 4.69) is 10.1 Å². The van der Waals surface area contributed by atoms with Crippen LogP contribution in [0.25, 0.3) is 5.52 Å². The summed E-state index contributed by atoms with van der Waals surface area (Å²) in [4.78, 5) is 3.71. The van der Waals surface area contributed by atoms with Gasteiger partial charge in [0.25, 0.3) is 0 Å². The SMILES string of the molecule is C[C@@]1(c2cc(F)c3c(N)ncnn23)O[C@H](CO)[C@@H](O)[C@H]1O. The Morgan fingerprint density at radius 3 is 2.86 bits per heavy atom. The van der Waals surface area contributed by atoms with Gasteiger partial charge in [-0.2, -0.15) is 5.10 Å². The van der Waals surface area contributed by atoms with Gasteiger partial charge in [0.1, 0.15) is 35.8 Å². The van der Waals surface area contributed by atoms with E-state index in [0.29, 0.717) is 0 Å². The lowest BCUT2D eigenvalue weighted by Crippen LogP contribution is -2.39. The van der Waals surface area contributed by atoms with Crippen molar-refractivity contribution >= 4 is 11.3 Å². The highest BCUT2D eigenvalue weighted by Crippen LogP contribution is 2.40. The number of hydrogen-bond donors (Lipinski definition) is 4. The maximum absolute atomic E-state index is 14.1. The van der Waals surface area contributed by atoms with Crippen LogP contribution in [0.15, 0.2) is 12.4 Å².